The number of carbonyl (C=O) groups excluding carboxylic acids is 1. The number of amides is 1. The van der Waals surface area contributed by atoms with E-state index in [0.29, 0.717) is 12.4 Å². The number of aliphatic hydroxyl groups is 1. The second-order valence-corrected chi connectivity index (χ2v) is 5.48. The van der Waals surface area contributed by atoms with Crippen molar-refractivity contribution in [2.75, 3.05) is 19.7 Å². The van der Waals surface area contributed by atoms with Crippen LogP contribution in [-0.2, 0) is 0 Å². The Morgan fingerprint density at radius 1 is 1.08 bits per heavy atom. The maximum atomic E-state index is 12.7. The smallest absolute Gasteiger partial charge is 0.293 e. The number of aliphatic hydroxyl groups excluding tert-OH is 1. The van der Waals surface area contributed by atoms with Gasteiger partial charge in [-0.15, -0.1) is 5.10 Å². The lowest BCUT2D eigenvalue weighted by molar-refractivity contribution is 0.0720. The van der Waals surface area contributed by atoms with Crippen LogP contribution in [0.2, 0.25) is 0 Å². The lowest BCUT2D eigenvalue weighted by Crippen LogP contribution is -2.34. The molecule has 0 radical (unpaired) electrons. The van der Waals surface area contributed by atoms with Crippen LogP contribution in [0.1, 0.15) is 17.5 Å². The van der Waals surface area contributed by atoms with E-state index in [1.807, 2.05) is 67.6 Å². The highest BCUT2D eigenvalue weighted by Gasteiger charge is 2.22. The van der Waals surface area contributed by atoms with E-state index in [-0.39, 0.29) is 24.9 Å². The molecule has 0 unspecified atom stereocenters. The van der Waals surface area contributed by atoms with E-state index in [4.69, 9.17) is 5.11 Å². The molecular formula is C19H20N4O2. The van der Waals surface area contributed by atoms with Crippen LogP contribution in [0, 0.1) is 0 Å². The second-order valence-electron chi connectivity index (χ2n) is 5.48. The molecule has 6 heteroatoms. The molecule has 25 heavy (non-hydrogen) atoms. The molecular weight excluding hydrogens is 316 g/mol. The lowest BCUT2D eigenvalue weighted by Gasteiger charge is -2.17. The third-order valence-corrected chi connectivity index (χ3v) is 3.87. The molecule has 1 amide bonds. The first-order chi connectivity index (χ1) is 12.2. The first-order valence-electron chi connectivity index (χ1n) is 8.22. The fourth-order valence-electron chi connectivity index (χ4n) is 2.59. The van der Waals surface area contributed by atoms with E-state index >= 15 is 0 Å². The van der Waals surface area contributed by atoms with Crippen LogP contribution in [0.3, 0.4) is 0 Å². The van der Waals surface area contributed by atoms with Gasteiger partial charge in [0.15, 0.2) is 5.82 Å². The van der Waals surface area contributed by atoms with Gasteiger partial charge in [-0.05, 0) is 19.1 Å². The third-order valence-electron chi connectivity index (χ3n) is 3.87. The van der Waals surface area contributed by atoms with Crippen LogP contribution >= 0.6 is 0 Å². The van der Waals surface area contributed by atoms with Gasteiger partial charge in [0.2, 0.25) is 5.82 Å². The summed E-state index contributed by atoms with van der Waals surface area (Å²) in [7, 11) is 0. The molecule has 0 aliphatic rings. The molecule has 6 nitrogen and oxygen atoms in total. The summed E-state index contributed by atoms with van der Waals surface area (Å²) in [5.41, 5.74) is 1.71. The normalized spacial score (nSPS) is 10.6. The van der Waals surface area contributed by atoms with Gasteiger partial charge in [0.25, 0.3) is 5.91 Å². The monoisotopic (exact) mass is 336 g/mol. The van der Waals surface area contributed by atoms with Gasteiger partial charge in [0.1, 0.15) is 0 Å². The molecule has 0 atom stereocenters. The zero-order valence-electron chi connectivity index (χ0n) is 14.0. The molecule has 1 heterocycles. The minimum atomic E-state index is -0.289. The van der Waals surface area contributed by atoms with Crippen LogP contribution in [0.15, 0.2) is 60.7 Å². The topological polar surface area (TPSA) is 71.2 Å². The Labute approximate surface area is 146 Å². The van der Waals surface area contributed by atoms with E-state index in [2.05, 4.69) is 10.1 Å². The highest BCUT2D eigenvalue weighted by Crippen LogP contribution is 2.21. The average Bonchev–Trinajstić information content (AvgIpc) is 3.12. The number of para-hydroxylation sites is 1. The molecule has 0 aliphatic carbocycles. The Kier molecular flexibility index (Phi) is 5.20. The van der Waals surface area contributed by atoms with Gasteiger partial charge in [-0.25, -0.2) is 9.67 Å². The fourth-order valence-corrected chi connectivity index (χ4v) is 2.59. The number of rotatable bonds is 6. The van der Waals surface area contributed by atoms with Crippen molar-refractivity contribution < 1.29 is 9.90 Å². The molecule has 1 N–H and O–H groups in total. The van der Waals surface area contributed by atoms with Crippen molar-refractivity contribution in [1.82, 2.24) is 19.7 Å². The van der Waals surface area contributed by atoms with Crippen molar-refractivity contribution in [2.24, 2.45) is 0 Å². The maximum Gasteiger partial charge on any atom is 0.293 e. The lowest BCUT2D eigenvalue weighted by atomic mass is 10.2. The van der Waals surface area contributed by atoms with E-state index in [1.165, 1.54) is 4.90 Å². The Morgan fingerprint density at radius 2 is 1.72 bits per heavy atom. The number of hydrogen-bond acceptors (Lipinski definition) is 4. The SMILES string of the molecule is CCN(CCO)C(=O)c1nc(-c2ccccc2)n(-c2ccccc2)n1. The molecule has 1 aromatic heterocycles. The minimum Gasteiger partial charge on any atom is -0.395 e. The number of hydrogen-bond donors (Lipinski definition) is 1. The first kappa shape index (κ1) is 16.9. The summed E-state index contributed by atoms with van der Waals surface area (Å²) in [6.07, 6.45) is 0. The summed E-state index contributed by atoms with van der Waals surface area (Å²) in [5.74, 6) is 0.441. The van der Waals surface area contributed by atoms with Gasteiger partial charge >= 0.3 is 0 Å². The molecule has 0 saturated heterocycles. The Morgan fingerprint density at radius 3 is 2.32 bits per heavy atom. The van der Waals surface area contributed by atoms with Crippen LogP contribution in [-0.4, -0.2) is 50.4 Å². The van der Waals surface area contributed by atoms with E-state index in [1.54, 1.807) is 4.68 Å². The molecule has 3 aromatic rings. The highest BCUT2D eigenvalue weighted by atomic mass is 16.3. The van der Waals surface area contributed by atoms with Crippen molar-refractivity contribution >= 4 is 5.91 Å². The predicted molar refractivity (Wildman–Crippen MR) is 95.5 cm³/mol. The molecule has 3 rings (SSSR count). The quantitative estimate of drug-likeness (QED) is 0.750. The number of aromatic nitrogens is 3. The molecule has 128 valence electrons. The molecule has 0 saturated carbocycles. The number of benzene rings is 2. The summed E-state index contributed by atoms with van der Waals surface area (Å²) in [5, 5.41) is 13.6. The predicted octanol–water partition coefficient (Wildman–Crippen LogP) is 2.39. The summed E-state index contributed by atoms with van der Waals surface area (Å²) < 4.78 is 1.68. The second kappa shape index (κ2) is 7.72. The van der Waals surface area contributed by atoms with Gasteiger partial charge in [-0.1, -0.05) is 48.5 Å². The van der Waals surface area contributed by atoms with Crippen molar-refractivity contribution in [2.45, 2.75) is 6.92 Å². The molecule has 0 bridgehead atoms. The van der Waals surface area contributed by atoms with Crippen LogP contribution < -0.4 is 0 Å². The van der Waals surface area contributed by atoms with Crippen molar-refractivity contribution in [3.05, 3.63) is 66.5 Å². The van der Waals surface area contributed by atoms with Crippen molar-refractivity contribution in [3.63, 3.8) is 0 Å². The highest BCUT2D eigenvalue weighted by molar-refractivity contribution is 5.91. The Hall–Kier alpha value is -2.99. The van der Waals surface area contributed by atoms with Crippen LogP contribution in [0.5, 0.6) is 0 Å². The summed E-state index contributed by atoms with van der Waals surface area (Å²) in [6, 6.07) is 19.2. The third kappa shape index (κ3) is 3.59. The first-order valence-corrected chi connectivity index (χ1v) is 8.22. The zero-order valence-corrected chi connectivity index (χ0v) is 14.0. The Bertz CT molecular complexity index is 774. The average molecular weight is 336 g/mol. The van der Waals surface area contributed by atoms with Gasteiger partial charge < -0.3 is 10.0 Å². The standard InChI is InChI=1S/C19H20N4O2/c1-2-22(13-14-24)19(25)17-20-18(15-9-5-3-6-10-15)23(21-17)16-11-7-4-8-12-16/h3-12,24H,2,13-14H2,1H3. The molecule has 2 aromatic carbocycles. The molecule has 0 aliphatic heterocycles. The largest absolute Gasteiger partial charge is 0.395 e. The van der Waals surface area contributed by atoms with E-state index in [9.17, 15) is 4.79 Å². The van der Waals surface area contributed by atoms with Gasteiger partial charge in [0.05, 0.1) is 12.3 Å². The summed E-state index contributed by atoms with van der Waals surface area (Å²) in [6.45, 7) is 2.51. The number of likely N-dealkylation sites (N-methyl/N-ethyl adjacent to an activating group) is 1. The van der Waals surface area contributed by atoms with Gasteiger partial charge in [-0.3, -0.25) is 4.79 Å². The number of nitrogens with zero attached hydrogens (tertiary/aromatic N) is 4. The minimum absolute atomic E-state index is 0.0927. The van der Waals surface area contributed by atoms with Gasteiger partial charge in [-0.2, -0.15) is 0 Å². The van der Waals surface area contributed by atoms with Crippen molar-refractivity contribution in [3.8, 4) is 17.1 Å². The van der Waals surface area contributed by atoms with Crippen molar-refractivity contribution in [1.29, 1.82) is 0 Å². The van der Waals surface area contributed by atoms with E-state index < -0.39 is 0 Å². The molecule has 0 spiro atoms. The summed E-state index contributed by atoms with van der Waals surface area (Å²) >= 11 is 0. The maximum absolute atomic E-state index is 12.7. The van der Waals surface area contributed by atoms with Crippen LogP contribution in [0.4, 0.5) is 0 Å². The van der Waals surface area contributed by atoms with E-state index in [0.717, 1.165) is 11.3 Å². The zero-order chi connectivity index (χ0) is 17.6. The van der Waals surface area contributed by atoms with Gasteiger partial charge in [0, 0.05) is 18.7 Å². The molecule has 0 fully saturated rings. The van der Waals surface area contributed by atoms with Crippen LogP contribution in [0.25, 0.3) is 17.1 Å². The summed E-state index contributed by atoms with van der Waals surface area (Å²) in [4.78, 5) is 18.7. The fraction of sp³-hybridized carbons (Fsp3) is 0.211. The number of carbonyl (C=O) groups is 1. The Balaban J connectivity index is 2.08.